The van der Waals surface area contributed by atoms with Crippen LogP contribution in [0.15, 0.2) is 66.7 Å². The molecule has 0 fully saturated rings. The average Bonchev–Trinajstić information content (AvgIpc) is 2.55. The molecule has 0 aliphatic heterocycles. The lowest BCUT2D eigenvalue weighted by Crippen LogP contribution is -1.92. The zero-order chi connectivity index (χ0) is 18.4. The van der Waals surface area contributed by atoms with Gasteiger partial charge in [-0.15, -0.1) is 0 Å². The van der Waals surface area contributed by atoms with E-state index in [4.69, 9.17) is 13.3 Å². The summed E-state index contributed by atoms with van der Waals surface area (Å²) in [5, 5.41) is 0. The zero-order valence-corrected chi connectivity index (χ0v) is 16.8. The summed E-state index contributed by atoms with van der Waals surface area (Å²) in [6, 6.07) is 23.8. The lowest BCUT2D eigenvalue weighted by molar-refractivity contribution is 0.436. The van der Waals surface area contributed by atoms with E-state index in [-0.39, 0.29) is 13.5 Å². The van der Waals surface area contributed by atoms with Crippen LogP contribution in [0.3, 0.4) is 0 Å². The normalized spacial score (nSPS) is 11.0. The van der Waals surface area contributed by atoms with Crippen molar-refractivity contribution in [2.75, 3.05) is 0 Å². The third-order valence-corrected chi connectivity index (χ3v) is 3.96. The minimum Gasteiger partial charge on any atom is -0.750 e. The van der Waals surface area contributed by atoms with E-state index in [1.165, 1.54) is 38.9 Å². The van der Waals surface area contributed by atoms with Gasteiger partial charge < -0.3 is 9.11 Å². The first-order valence-electron chi connectivity index (χ1n) is 7.91. The molecule has 0 heterocycles. The molecule has 0 amide bonds. The van der Waals surface area contributed by atoms with Gasteiger partial charge in [0.2, 0.25) is 0 Å². The van der Waals surface area contributed by atoms with Crippen LogP contribution < -0.4 is 0 Å². The fourth-order valence-corrected chi connectivity index (χ4v) is 3.18. The summed E-state index contributed by atoms with van der Waals surface area (Å²) in [4.78, 5) is 0. The number of hydrogen-bond donors (Lipinski definition) is 1. The molecular formula is C21H23O3S2-. The molecule has 26 heavy (non-hydrogen) atoms. The van der Waals surface area contributed by atoms with Crippen molar-refractivity contribution < 1.29 is 13.3 Å². The van der Waals surface area contributed by atoms with Gasteiger partial charge in [0.05, 0.1) is 11.4 Å². The Hall–Kier alpha value is -1.92. The van der Waals surface area contributed by atoms with Crippen LogP contribution in [0.5, 0.6) is 0 Å². The summed E-state index contributed by atoms with van der Waals surface area (Å²) in [6.45, 7) is 6.57. The smallest absolute Gasteiger partial charge is 0.0814 e. The fourth-order valence-electron chi connectivity index (χ4n) is 3.18. The third kappa shape index (κ3) is 5.81. The number of hydrogen-bond acceptors (Lipinski definition) is 2. The van der Waals surface area contributed by atoms with Crippen molar-refractivity contribution in [3.05, 3.63) is 83.4 Å². The summed E-state index contributed by atoms with van der Waals surface area (Å²) in [5.74, 6) is 0. The highest BCUT2D eigenvalue weighted by atomic mass is 32.2. The van der Waals surface area contributed by atoms with Gasteiger partial charge in [-0.25, -0.2) is 4.21 Å². The van der Waals surface area contributed by atoms with Crippen molar-refractivity contribution in [1.82, 2.24) is 0 Å². The average molecular weight is 388 g/mol. The second kappa shape index (κ2) is 10.3. The quantitative estimate of drug-likeness (QED) is 0.599. The maximum Gasteiger partial charge on any atom is 0.0814 e. The Morgan fingerprint density at radius 3 is 1.73 bits per heavy atom. The van der Waals surface area contributed by atoms with Crippen molar-refractivity contribution in [3.63, 3.8) is 0 Å². The lowest BCUT2D eigenvalue weighted by atomic mass is 9.88. The Labute approximate surface area is 164 Å². The maximum absolute atomic E-state index is 8.56. The molecule has 3 rings (SSSR count). The van der Waals surface area contributed by atoms with E-state index in [1.54, 1.807) is 0 Å². The summed E-state index contributed by atoms with van der Waals surface area (Å²) < 4.78 is 24.1. The molecule has 3 aromatic carbocycles. The monoisotopic (exact) mass is 387 g/mol. The van der Waals surface area contributed by atoms with E-state index in [0.29, 0.717) is 0 Å². The highest BCUT2D eigenvalue weighted by Gasteiger charge is 2.11. The van der Waals surface area contributed by atoms with E-state index in [1.807, 2.05) is 0 Å². The first-order valence-corrected chi connectivity index (χ1v) is 8.94. The van der Waals surface area contributed by atoms with Gasteiger partial charge in [0.15, 0.2) is 0 Å². The van der Waals surface area contributed by atoms with Crippen molar-refractivity contribution in [2.24, 2.45) is 0 Å². The molecule has 1 atom stereocenters. The highest BCUT2D eigenvalue weighted by molar-refractivity contribution is 7.73. The van der Waals surface area contributed by atoms with Gasteiger partial charge in [0.25, 0.3) is 0 Å². The van der Waals surface area contributed by atoms with Gasteiger partial charge in [0, 0.05) is 0 Å². The molecule has 0 aliphatic rings. The Morgan fingerprint density at radius 2 is 1.23 bits per heavy atom. The van der Waals surface area contributed by atoms with Crippen molar-refractivity contribution in [2.45, 2.75) is 20.8 Å². The fraction of sp³-hybridized carbons (Fsp3) is 0.143. The highest BCUT2D eigenvalue weighted by Crippen LogP contribution is 2.36. The van der Waals surface area contributed by atoms with Crippen molar-refractivity contribution >= 4 is 24.9 Å². The van der Waals surface area contributed by atoms with E-state index in [2.05, 4.69) is 87.5 Å². The molecule has 0 spiro atoms. The van der Waals surface area contributed by atoms with Crippen LogP contribution in [0.2, 0.25) is 0 Å². The first-order chi connectivity index (χ1) is 11.9. The molecule has 138 valence electrons. The van der Waals surface area contributed by atoms with E-state index in [0.717, 1.165) is 0 Å². The van der Waals surface area contributed by atoms with Crippen LogP contribution in [-0.2, 0) is 11.4 Å². The molecule has 0 saturated carbocycles. The predicted molar refractivity (Wildman–Crippen MR) is 113 cm³/mol. The van der Waals surface area contributed by atoms with Crippen LogP contribution in [0.1, 0.15) is 16.7 Å². The van der Waals surface area contributed by atoms with Crippen LogP contribution >= 0.6 is 13.5 Å². The lowest BCUT2D eigenvalue weighted by Gasteiger charge is -2.16. The Kier molecular flexibility index (Phi) is 8.75. The summed E-state index contributed by atoms with van der Waals surface area (Å²) >= 11 is -2.86. The standard InChI is InChI=1S/C21H20.H2O3S.H2S/c1-15-13-16(2)21(17(3)14-15)20-12-8-7-11-19(20)18-9-5-4-6-10-18;1-4(2)3;/h4-14H,1-3H3;(H2,1,2,3);1H2/p-1. The molecule has 0 saturated heterocycles. The van der Waals surface area contributed by atoms with Gasteiger partial charge in [-0.2, -0.15) is 13.5 Å². The first kappa shape index (κ1) is 22.1. The molecule has 3 aromatic rings. The minimum atomic E-state index is -2.86. The SMILES string of the molecule is Cc1cc(C)c(-c2ccccc2-c2ccccc2)c(C)c1.O=S([O-])O.S. The number of aryl methyl sites for hydroxylation is 3. The van der Waals surface area contributed by atoms with Gasteiger partial charge >= 0.3 is 0 Å². The number of rotatable bonds is 2. The van der Waals surface area contributed by atoms with Crippen LogP contribution in [0.25, 0.3) is 22.3 Å². The van der Waals surface area contributed by atoms with Crippen LogP contribution in [0.4, 0.5) is 0 Å². The van der Waals surface area contributed by atoms with Crippen LogP contribution in [-0.4, -0.2) is 13.3 Å². The second-order valence-corrected chi connectivity index (χ2v) is 6.34. The Morgan fingerprint density at radius 1 is 0.808 bits per heavy atom. The van der Waals surface area contributed by atoms with Crippen molar-refractivity contribution in [3.8, 4) is 22.3 Å². The van der Waals surface area contributed by atoms with Gasteiger partial charge in [0.1, 0.15) is 0 Å². The van der Waals surface area contributed by atoms with Gasteiger partial charge in [-0.05, 0) is 54.2 Å². The largest absolute Gasteiger partial charge is 0.750 e. The number of benzene rings is 3. The molecular weight excluding hydrogens is 364 g/mol. The molecule has 1 unspecified atom stereocenters. The maximum atomic E-state index is 8.56. The van der Waals surface area contributed by atoms with Crippen molar-refractivity contribution in [1.29, 1.82) is 0 Å². The molecule has 0 aromatic heterocycles. The van der Waals surface area contributed by atoms with Gasteiger partial charge in [-0.1, -0.05) is 72.3 Å². The molecule has 3 nitrogen and oxygen atoms in total. The topological polar surface area (TPSA) is 60.4 Å². The predicted octanol–water partition coefficient (Wildman–Crippen LogP) is 5.40. The van der Waals surface area contributed by atoms with E-state index < -0.39 is 11.4 Å². The Balaban J connectivity index is 0.000000616. The second-order valence-electron chi connectivity index (χ2n) is 5.90. The molecule has 0 radical (unpaired) electrons. The van der Waals surface area contributed by atoms with Crippen LogP contribution in [0, 0.1) is 20.8 Å². The van der Waals surface area contributed by atoms with E-state index >= 15 is 0 Å². The molecule has 5 heteroatoms. The molecule has 1 N–H and O–H groups in total. The summed E-state index contributed by atoms with van der Waals surface area (Å²) in [5.41, 5.74) is 9.26. The minimum absolute atomic E-state index is 0. The zero-order valence-electron chi connectivity index (χ0n) is 15.0. The molecule has 0 aliphatic carbocycles. The third-order valence-electron chi connectivity index (χ3n) is 3.96. The van der Waals surface area contributed by atoms with E-state index in [9.17, 15) is 0 Å². The molecule has 0 bridgehead atoms. The Bertz CT molecular complexity index is 850. The summed E-state index contributed by atoms with van der Waals surface area (Å²) in [6.07, 6.45) is 0. The van der Waals surface area contributed by atoms with Gasteiger partial charge in [-0.3, -0.25) is 0 Å². The summed E-state index contributed by atoms with van der Waals surface area (Å²) in [7, 11) is 0.